The fourth-order valence-corrected chi connectivity index (χ4v) is 0.426. The summed E-state index contributed by atoms with van der Waals surface area (Å²) < 4.78 is 0. The van der Waals surface area contributed by atoms with Gasteiger partial charge in [-0.05, 0) is 13.8 Å². The van der Waals surface area contributed by atoms with Gasteiger partial charge in [-0.15, -0.1) is 0 Å². The van der Waals surface area contributed by atoms with Gasteiger partial charge in [0.2, 0.25) is 0 Å². The average molecular weight is 1050 g/mol. The van der Waals surface area contributed by atoms with Crippen LogP contribution in [-0.4, -0.2) is 115 Å². The van der Waals surface area contributed by atoms with Crippen LogP contribution in [0.3, 0.4) is 0 Å². The number of hydrogen-bond acceptors (Lipinski definition) is 14. The first kappa shape index (κ1) is 82.5. The largest absolute Gasteiger partial charge is 2.00 e. The quantitative estimate of drug-likeness (QED) is 0.0917. The van der Waals surface area contributed by atoms with Gasteiger partial charge in [0.05, 0.1) is 0 Å². The van der Waals surface area contributed by atoms with Crippen LogP contribution in [0.1, 0.15) is 61.3 Å². The maximum Gasteiger partial charge on any atom is 2.00 e. The van der Waals surface area contributed by atoms with Crippen LogP contribution in [0.2, 0.25) is 0 Å². The molecule has 0 aliphatic rings. The Balaban J connectivity index is -0.0000000321. The summed E-state index contributed by atoms with van der Waals surface area (Å²) in [5.74, 6) is -7.38. The summed E-state index contributed by atoms with van der Waals surface area (Å²) in [7, 11) is 0. The number of aliphatic carboxylic acids is 7. The number of rotatable bonds is 9. The minimum absolute atomic E-state index is 0. The Morgan fingerprint density at radius 3 is 0.490 bits per heavy atom. The number of carboxylic acids is 7. The minimum atomic E-state index is -1.06. The molecule has 0 aliphatic heterocycles. The fourth-order valence-electron chi connectivity index (χ4n) is 0.426. The maximum atomic E-state index is 9.87. The number of Topliss-reactive ketones (excluding diaryl/α,β-unsaturated/α-hetero) is 2. The van der Waals surface area contributed by atoms with Crippen LogP contribution in [0.5, 0.6) is 0 Å². The van der Waals surface area contributed by atoms with Gasteiger partial charge in [-0.1, -0.05) is 60.9 Å². The molecule has 0 fully saturated rings. The Hall–Kier alpha value is -0.0226. The van der Waals surface area contributed by atoms with Gasteiger partial charge in [0.25, 0.3) is 29.8 Å². The van der Waals surface area contributed by atoms with Crippen molar-refractivity contribution in [3.05, 3.63) is 0 Å². The van der Waals surface area contributed by atoms with Gasteiger partial charge >= 0.3 is 80.2 Å². The van der Waals surface area contributed by atoms with Gasteiger partial charge in [-0.25, -0.2) is 0 Å². The number of carboxylic acid groups (broad SMARTS) is 7. The van der Waals surface area contributed by atoms with E-state index in [9.17, 15) is 43.2 Å². The monoisotopic (exact) mass is 1040 g/mol. The third-order valence-electron chi connectivity index (χ3n) is 2.54. The molecule has 0 aromatic rings. The molecule has 49 heavy (non-hydrogen) atoms. The molecule has 5 unspecified atom stereocenters. The van der Waals surface area contributed by atoms with Crippen LogP contribution >= 0.6 is 0 Å². The van der Waals surface area contributed by atoms with E-state index in [1.54, 1.807) is 0 Å². The zero-order valence-corrected chi connectivity index (χ0v) is 34.9. The second-order valence-corrected chi connectivity index (χ2v) is 11.0. The second-order valence-electron chi connectivity index (χ2n) is 7.45. The van der Waals surface area contributed by atoms with Gasteiger partial charge < -0.3 is 98.9 Å². The van der Waals surface area contributed by atoms with E-state index in [-0.39, 0.29) is 110 Å². The molecular weight excluding hydrogens is 1010 g/mol. The van der Waals surface area contributed by atoms with Crippen LogP contribution in [0.15, 0.2) is 0 Å². The molecule has 0 bridgehead atoms. The van der Waals surface area contributed by atoms with Gasteiger partial charge in [-0.2, -0.15) is 0 Å². The van der Waals surface area contributed by atoms with Crippen molar-refractivity contribution in [2.75, 3.05) is 0 Å². The van der Waals surface area contributed by atoms with Crippen molar-refractivity contribution >= 4 is 116 Å². The molecular formula is C23H37Cu5O16S5. The van der Waals surface area contributed by atoms with Gasteiger partial charge in [-0.3, -0.25) is 43.2 Å². The summed E-state index contributed by atoms with van der Waals surface area (Å²) in [5, 5.41) is 51.9. The van der Waals surface area contributed by atoms with E-state index in [2.05, 4.69) is 63.1 Å². The zero-order valence-electron chi connectivity index (χ0n) is 26.2. The molecule has 0 amide bonds. The van der Waals surface area contributed by atoms with E-state index < -0.39 is 68.0 Å². The van der Waals surface area contributed by atoms with Crippen molar-refractivity contribution in [2.45, 2.75) is 87.6 Å². The predicted octanol–water partition coefficient (Wildman–Crippen LogP) is 0.120. The Bertz CT molecular complexity index is 757. The first-order valence-corrected chi connectivity index (χ1v) is 13.7. The molecule has 0 saturated carbocycles. The van der Waals surface area contributed by atoms with E-state index in [4.69, 9.17) is 35.7 Å². The number of ketones is 2. The molecule has 7 N–H and O–H groups in total. The smallest absolute Gasteiger partial charge is 0.778 e. The summed E-state index contributed by atoms with van der Waals surface area (Å²) in [4.78, 5) is 86.9. The summed E-state index contributed by atoms with van der Waals surface area (Å²) in [6.07, 6.45) is -0.722. The molecule has 26 heteroatoms. The summed E-state index contributed by atoms with van der Waals surface area (Å²) in [6.45, 7) is 9.77. The molecule has 2 radical (unpaired) electrons. The number of hydrogen-bond donors (Lipinski definition) is 7. The molecule has 310 valence electrons. The first-order valence-electron chi connectivity index (χ1n) is 11.3. The minimum Gasteiger partial charge on any atom is -0.778 e. The molecule has 0 heterocycles. The molecule has 5 atom stereocenters. The van der Waals surface area contributed by atoms with E-state index in [1.165, 1.54) is 48.5 Å². The molecule has 0 rings (SSSR count). The predicted molar refractivity (Wildman–Crippen MR) is 168 cm³/mol. The SMILES string of the molecule is CC(=O)CC(=O)O.CC(=O)CC(=O)O.CC([S-])C(=O)O.CC([S-])C(=O)O.CC([S-])C(=O)O.CC([S-])C(=O)O.CC([S-])C(=O)O.[Cu+2].[Cu+].[Cu+].[Cu+].[Cu]. The van der Waals surface area contributed by atoms with Crippen LogP contribution < -0.4 is 0 Å². The average Bonchev–Trinajstić information content (AvgIpc) is 2.79. The molecule has 0 aromatic heterocycles. The van der Waals surface area contributed by atoms with E-state index in [0.717, 1.165) is 0 Å². The van der Waals surface area contributed by atoms with Gasteiger partial charge in [0.15, 0.2) is 0 Å². The molecule has 0 saturated heterocycles. The van der Waals surface area contributed by atoms with Gasteiger partial charge in [0.1, 0.15) is 24.4 Å². The third-order valence-corrected chi connectivity index (χ3v) is 3.55. The van der Waals surface area contributed by atoms with Crippen LogP contribution in [-0.2, 0) is 192 Å². The Kier molecular flexibility index (Phi) is 92.1. The van der Waals surface area contributed by atoms with E-state index in [0.29, 0.717) is 0 Å². The van der Waals surface area contributed by atoms with Crippen LogP contribution in [0.25, 0.3) is 0 Å². The summed E-state index contributed by atoms with van der Waals surface area (Å²) >= 11 is 21.5. The maximum absolute atomic E-state index is 9.87. The Labute approximate surface area is 365 Å². The van der Waals surface area contributed by atoms with E-state index >= 15 is 0 Å². The first-order chi connectivity index (χ1) is 19.5. The molecule has 0 aliphatic carbocycles. The topological polar surface area (TPSA) is 295 Å². The van der Waals surface area contributed by atoms with Crippen LogP contribution in [0.4, 0.5) is 0 Å². The molecule has 0 spiro atoms. The van der Waals surface area contributed by atoms with Crippen molar-refractivity contribution in [2.24, 2.45) is 0 Å². The van der Waals surface area contributed by atoms with Crippen molar-refractivity contribution < 1.29 is 164 Å². The van der Waals surface area contributed by atoms with Crippen molar-refractivity contribution in [1.29, 1.82) is 0 Å². The summed E-state index contributed by atoms with van der Waals surface area (Å²) in [5.41, 5.74) is 0. The van der Waals surface area contributed by atoms with Crippen molar-refractivity contribution in [3.8, 4) is 0 Å². The molecule has 0 aromatic carbocycles. The normalized spacial score (nSPS) is 10.7. The van der Waals surface area contributed by atoms with E-state index in [1.807, 2.05) is 0 Å². The molecule has 16 nitrogen and oxygen atoms in total. The standard InChI is InChI=1S/2C4H6O3.5C3H6O2S.5Cu/c2*1-3(5)2-4(6)7;5*1-2(6)3(4)5;;;;;/h2*2H2,1H3,(H,6,7);5*2,6H,1H3,(H,4,5);;;;;/q;;;;;;;;3*+1;+2/p-5. The number of carbonyl (C=O) groups is 9. The Morgan fingerprint density at radius 2 is 0.490 bits per heavy atom. The third kappa shape index (κ3) is 130. The van der Waals surface area contributed by atoms with Crippen molar-refractivity contribution in [1.82, 2.24) is 0 Å². The second kappa shape index (κ2) is 54.7. The number of carbonyl (C=O) groups excluding carboxylic acids is 2. The Morgan fingerprint density at radius 1 is 0.408 bits per heavy atom. The summed E-state index contributed by atoms with van der Waals surface area (Å²) in [6, 6.07) is 0. The van der Waals surface area contributed by atoms with Crippen molar-refractivity contribution in [3.63, 3.8) is 0 Å². The van der Waals surface area contributed by atoms with Crippen LogP contribution in [0, 0.1) is 0 Å². The van der Waals surface area contributed by atoms with Gasteiger partial charge in [0, 0.05) is 17.1 Å². The fraction of sp³-hybridized carbons (Fsp3) is 0.609. The zero-order chi connectivity index (χ0) is 37.5.